The Hall–Kier alpha value is -2.53. The zero-order valence-corrected chi connectivity index (χ0v) is 17.7. The highest BCUT2D eigenvalue weighted by Crippen LogP contribution is 2.28. The number of para-hydroxylation sites is 1. The SMILES string of the molecule is COc1cc(C)ccc1OCC(=O)Nc1ccccc1CN(C)C1CCCCC1. The lowest BCUT2D eigenvalue weighted by molar-refractivity contribution is -0.118. The van der Waals surface area contributed by atoms with Gasteiger partial charge in [-0.25, -0.2) is 0 Å². The summed E-state index contributed by atoms with van der Waals surface area (Å²) in [6, 6.07) is 14.3. The van der Waals surface area contributed by atoms with Crippen LogP contribution in [0.2, 0.25) is 0 Å². The third-order valence-corrected chi connectivity index (χ3v) is 5.59. The lowest BCUT2D eigenvalue weighted by Crippen LogP contribution is -2.33. The molecule has 0 atom stereocenters. The van der Waals surface area contributed by atoms with Crippen LogP contribution in [0.15, 0.2) is 42.5 Å². The number of amides is 1. The average Bonchev–Trinajstić information content (AvgIpc) is 2.74. The number of carbonyl (C=O) groups is 1. The van der Waals surface area contributed by atoms with Crippen LogP contribution >= 0.6 is 0 Å². The first-order chi connectivity index (χ1) is 14.1. The molecule has 2 aromatic carbocycles. The molecule has 0 bridgehead atoms. The molecule has 1 fully saturated rings. The van der Waals surface area contributed by atoms with Gasteiger partial charge in [0.25, 0.3) is 5.91 Å². The summed E-state index contributed by atoms with van der Waals surface area (Å²) < 4.78 is 11.0. The van der Waals surface area contributed by atoms with E-state index in [2.05, 4.69) is 23.3 Å². The predicted octanol–water partition coefficient (Wildman–Crippen LogP) is 4.79. The third kappa shape index (κ3) is 5.97. The van der Waals surface area contributed by atoms with Gasteiger partial charge in [-0.05, 0) is 56.1 Å². The van der Waals surface area contributed by atoms with Crippen LogP contribution in [0.4, 0.5) is 5.69 Å². The zero-order valence-electron chi connectivity index (χ0n) is 17.7. The number of benzene rings is 2. The summed E-state index contributed by atoms with van der Waals surface area (Å²) in [5, 5.41) is 3.01. The van der Waals surface area contributed by atoms with E-state index < -0.39 is 0 Å². The Bertz CT molecular complexity index is 816. The van der Waals surface area contributed by atoms with Crippen LogP contribution < -0.4 is 14.8 Å². The largest absolute Gasteiger partial charge is 0.493 e. The number of nitrogens with one attached hydrogen (secondary N) is 1. The van der Waals surface area contributed by atoms with Crippen molar-refractivity contribution in [3.05, 3.63) is 53.6 Å². The zero-order chi connectivity index (χ0) is 20.6. The molecule has 156 valence electrons. The van der Waals surface area contributed by atoms with Crippen molar-refractivity contribution in [2.45, 2.75) is 51.6 Å². The summed E-state index contributed by atoms with van der Waals surface area (Å²) in [6.07, 6.45) is 6.50. The maximum atomic E-state index is 12.5. The van der Waals surface area contributed by atoms with Crippen molar-refractivity contribution in [3.8, 4) is 11.5 Å². The van der Waals surface area contributed by atoms with E-state index in [1.165, 1.54) is 32.1 Å². The molecule has 1 saturated carbocycles. The number of anilines is 1. The molecular formula is C24H32N2O3. The monoisotopic (exact) mass is 396 g/mol. The van der Waals surface area contributed by atoms with E-state index in [9.17, 15) is 4.79 Å². The van der Waals surface area contributed by atoms with E-state index in [1.807, 2.05) is 43.3 Å². The minimum atomic E-state index is -0.180. The Morgan fingerprint density at radius 3 is 2.62 bits per heavy atom. The number of nitrogens with zero attached hydrogens (tertiary/aromatic N) is 1. The minimum Gasteiger partial charge on any atom is -0.493 e. The van der Waals surface area contributed by atoms with Gasteiger partial charge >= 0.3 is 0 Å². The van der Waals surface area contributed by atoms with Crippen molar-refractivity contribution in [1.82, 2.24) is 4.90 Å². The number of rotatable bonds is 8. The molecule has 1 amide bonds. The Balaban J connectivity index is 1.59. The number of carbonyl (C=O) groups excluding carboxylic acids is 1. The van der Waals surface area contributed by atoms with E-state index >= 15 is 0 Å². The predicted molar refractivity (Wildman–Crippen MR) is 117 cm³/mol. The molecule has 1 aliphatic carbocycles. The molecular weight excluding hydrogens is 364 g/mol. The summed E-state index contributed by atoms with van der Waals surface area (Å²) in [6.45, 7) is 2.75. The topological polar surface area (TPSA) is 50.8 Å². The van der Waals surface area contributed by atoms with E-state index in [0.717, 1.165) is 23.4 Å². The molecule has 3 rings (SSSR count). The lowest BCUT2D eigenvalue weighted by Gasteiger charge is -2.31. The Morgan fingerprint density at radius 2 is 1.86 bits per heavy atom. The van der Waals surface area contributed by atoms with E-state index in [-0.39, 0.29) is 12.5 Å². The van der Waals surface area contributed by atoms with E-state index in [1.54, 1.807) is 7.11 Å². The molecule has 0 saturated heterocycles. The number of ether oxygens (including phenoxy) is 2. The fraction of sp³-hybridized carbons (Fsp3) is 0.458. The van der Waals surface area contributed by atoms with Gasteiger partial charge in [0.05, 0.1) is 7.11 Å². The smallest absolute Gasteiger partial charge is 0.262 e. The van der Waals surface area contributed by atoms with Crippen molar-refractivity contribution in [1.29, 1.82) is 0 Å². The second kappa shape index (κ2) is 10.3. The van der Waals surface area contributed by atoms with Crippen molar-refractivity contribution >= 4 is 11.6 Å². The van der Waals surface area contributed by atoms with Crippen LogP contribution in [0.3, 0.4) is 0 Å². The van der Waals surface area contributed by atoms with Crippen LogP contribution in [0.1, 0.15) is 43.2 Å². The minimum absolute atomic E-state index is 0.0633. The van der Waals surface area contributed by atoms with Crippen LogP contribution in [-0.4, -0.2) is 37.6 Å². The van der Waals surface area contributed by atoms with Crippen LogP contribution in [0.25, 0.3) is 0 Å². The van der Waals surface area contributed by atoms with Crippen molar-refractivity contribution in [2.75, 3.05) is 26.1 Å². The number of hydrogen-bond acceptors (Lipinski definition) is 4. The average molecular weight is 397 g/mol. The summed E-state index contributed by atoms with van der Waals surface area (Å²) in [7, 11) is 3.78. The van der Waals surface area contributed by atoms with Crippen LogP contribution in [0.5, 0.6) is 11.5 Å². The molecule has 2 aromatic rings. The Labute approximate surface area is 174 Å². The molecule has 5 nitrogen and oxygen atoms in total. The molecule has 5 heteroatoms. The Kier molecular flexibility index (Phi) is 7.53. The van der Waals surface area contributed by atoms with Gasteiger partial charge in [0.1, 0.15) is 0 Å². The second-order valence-corrected chi connectivity index (χ2v) is 7.86. The van der Waals surface area contributed by atoms with Gasteiger partial charge in [-0.1, -0.05) is 43.5 Å². The highest BCUT2D eigenvalue weighted by Gasteiger charge is 2.19. The highest BCUT2D eigenvalue weighted by atomic mass is 16.5. The van der Waals surface area contributed by atoms with E-state index in [0.29, 0.717) is 17.5 Å². The first-order valence-corrected chi connectivity index (χ1v) is 10.4. The number of hydrogen-bond donors (Lipinski definition) is 1. The molecule has 1 N–H and O–H groups in total. The van der Waals surface area contributed by atoms with Gasteiger partial charge in [-0.15, -0.1) is 0 Å². The molecule has 0 radical (unpaired) electrons. The second-order valence-electron chi connectivity index (χ2n) is 7.86. The quantitative estimate of drug-likeness (QED) is 0.697. The van der Waals surface area contributed by atoms with E-state index in [4.69, 9.17) is 9.47 Å². The number of methoxy groups -OCH3 is 1. The fourth-order valence-corrected chi connectivity index (χ4v) is 3.92. The lowest BCUT2D eigenvalue weighted by atomic mass is 9.94. The van der Waals surface area contributed by atoms with Crippen molar-refractivity contribution in [3.63, 3.8) is 0 Å². The summed E-state index contributed by atoms with van der Waals surface area (Å²) in [4.78, 5) is 14.9. The molecule has 0 aromatic heterocycles. The van der Waals surface area contributed by atoms with Gasteiger partial charge < -0.3 is 14.8 Å². The van der Waals surface area contributed by atoms with Gasteiger partial charge in [0, 0.05) is 18.3 Å². The normalized spacial score (nSPS) is 14.6. The maximum absolute atomic E-state index is 12.5. The molecule has 0 unspecified atom stereocenters. The Morgan fingerprint density at radius 1 is 1.10 bits per heavy atom. The highest BCUT2D eigenvalue weighted by molar-refractivity contribution is 5.92. The van der Waals surface area contributed by atoms with Gasteiger partial charge in [0.15, 0.2) is 18.1 Å². The van der Waals surface area contributed by atoms with Gasteiger partial charge in [0.2, 0.25) is 0 Å². The molecule has 1 aliphatic rings. The van der Waals surface area contributed by atoms with Crippen LogP contribution in [-0.2, 0) is 11.3 Å². The maximum Gasteiger partial charge on any atom is 0.262 e. The van der Waals surface area contributed by atoms with Gasteiger partial charge in [-0.2, -0.15) is 0 Å². The standard InChI is InChI=1S/C24H32N2O3/c1-18-13-14-22(23(15-18)28-3)29-17-24(27)25-21-12-8-7-9-19(21)16-26(2)20-10-5-4-6-11-20/h7-9,12-15,20H,4-6,10-11,16-17H2,1-3H3,(H,25,27). The number of aryl methyl sites for hydroxylation is 1. The summed E-state index contributed by atoms with van der Waals surface area (Å²) in [5.74, 6) is 1.02. The first-order valence-electron chi connectivity index (χ1n) is 10.4. The summed E-state index contributed by atoms with van der Waals surface area (Å²) in [5.41, 5.74) is 3.05. The fourth-order valence-electron chi connectivity index (χ4n) is 3.92. The van der Waals surface area contributed by atoms with Crippen molar-refractivity contribution < 1.29 is 14.3 Å². The third-order valence-electron chi connectivity index (χ3n) is 5.59. The molecule has 0 heterocycles. The summed E-state index contributed by atoms with van der Waals surface area (Å²) >= 11 is 0. The van der Waals surface area contributed by atoms with Crippen molar-refractivity contribution in [2.24, 2.45) is 0 Å². The molecule has 0 spiro atoms. The molecule has 29 heavy (non-hydrogen) atoms. The first kappa shape index (κ1) is 21.2. The van der Waals surface area contributed by atoms with Crippen LogP contribution in [0, 0.1) is 6.92 Å². The molecule has 0 aliphatic heterocycles. The van der Waals surface area contributed by atoms with Gasteiger partial charge in [-0.3, -0.25) is 9.69 Å².